The zero-order valence-electron chi connectivity index (χ0n) is 20.1. The van der Waals surface area contributed by atoms with Crippen LogP contribution in [-0.4, -0.2) is 79.9 Å². The Kier molecular flexibility index (Phi) is 10.9. The molecular formula is C23H29N7O8. The van der Waals surface area contributed by atoms with Gasteiger partial charge < -0.3 is 42.6 Å². The molecule has 0 fully saturated rings. The highest BCUT2D eigenvalue weighted by molar-refractivity contribution is 5.96. The number of aliphatic carboxylic acids is 2. The molecule has 15 heteroatoms. The average Bonchev–Trinajstić information content (AvgIpc) is 3.35. The van der Waals surface area contributed by atoms with Gasteiger partial charge in [0.15, 0.2) is 0 Å². The second-order valence-corrected chi connectivity index (χ2v) is 8.37. The summed E-state index contributed by atoms with van der Waals surface area (Å²) in [6, 6.07) is 3.13. The van der Waals surface area contributed by atoms with Crippen LogP contribution >= 0.6 is 0 Å². The van der Waals surface area contributed by atoms with E-state index >= 15 is 0 Å². The molecule has 1 aromatic carbocycles. The predicted molar refractivity (Wildman–Crippen MR) is 130 cm³/mol. The predicted octanol–water partition coefficient (Wildman–Crippen LogP) is -2.59. The van der Waals surface area contributed by atoms with Gasteiger partial charge in [-0.25, -0.2) is 9.78 Å². The number of hydrogen-bond acceptors (Lipinski definition) is 8. The van der Waals surface area contributed by atoms with Gasteiger partial charge in [-0.3, -0.25) is 24.0 Å². The van der Waals surface area contributed by atoms with E-state index in [4.69, 9.17) is 16.6 Å². The summed E-state index contributed by atoms with van der Waals surface area (Å²) in [5.74, 6) is -6.87. The lowest BCUT2D eigenvalue weighted by Crippen LogP contribution is -2.58. The molecule has 204 valence electrons. The molecule has 4 unspecified atom stereocenters. The van der Waals surface area contributed by atoms with Crippen LogP contribution in [0.25, 0.3) is 0 Å². The van der Waals surface area contributed by atoms with Crippen LogP contribution in [0.1, 0.15) is 24.1 Å². The highest BCUT2D eigenvalue weighted by Gasteiger charge is 2.32. The van der Waals surface area contributed by atoms with Crippen molar-refractivity contribution in [2.24, 2.45) is 11.5 Å². The first-order chi connectivity index (χ1) is 18.0. The number of carboxylic acid groups (broad SMARTS) is 2. The Morgan fingerprint density at radius 1 is 0.842 bits per heavy atom. The van der Waals surface area contributed by atoms with Crippen molar-refractivity contribution in [2.45, 2.75) is 49.9 Å². The molecule has 2 rings (SSSR count). The van der Waals surface area contributed by atoms with Crippen molar-refractivity contribution in [1.29, 1.82) is 0 Å². The Morgan fingerprint density at radius 3 is 2.00 bits per heavy atom. The lowest BCUT2D eigenvalue weighted by atomic mass is 10.0. The summed E-state index contributed by atoms with van der Waals surface area (Å²) >= 11 is 0. The third-order valence-electron chi connectivity index (χ3n) is 5.28. The Labute approximate surface area is 216 Å². The van der Waals surface area contributed by atoms with Gasteiger partial charge in [0.1, 0.15) is 18.1 Å². The lowest BCUT2D eigenvalue weighted by Gasteiger charge is -2.24. The maximum absolute atomic E-state index is 13.1. The standard InChI is InChI=1S/C23H29N7O8/c24-14(6-12-4-2-1-3-5-12)20(34)28-15(7-13-10-26-11-27-13)21(35)29-16(8-18(25)31)22(36)30-17(23(37)38)9-19(32)33/h1-5,10-11,14-17H,6-9,24H2,(H2,25,31)(H,26,27)(H,28,34)(H,29,35)(H,30,36)(H,32,33)(H,37,38). The van der Waals surface area contributed by atoms with Crippen LogP contribution in [-0.2, 0) is 41.6 Å². The molecule has 4 amide bonds. The van der Waals surface area contributed by atoms with Crippen molar-refractivity contribution < 1.29 is 39.0 Å². The number of carbonyl (C=O) groups excluding carboxylic acids is 4. The van der Waals surface area contributed by atoms with E-state index in [-0.39, 0.29) is 12.8 Å². The number of primary amides is 1. The normalized spacial score (nSPS) is 13.8. The number of carboxylic acids is 2. The summed E-state index contributed by atoms with van der Waals surface area (Å²) in [4.78, 5) is 79.0. The Morgan fingerprint density at radius 2 is 1.45 bits per heavy atom. The number of aromatic amines is 1. The number of nitrogens with zero attached hydrogens (tertiary/aromatic N) is 1. The SMILES string of the molecule is NC(=O)CC(NC(=O)C(Cc1cnc[nH]1)NC(=O)C(N)Cc1ccccc1)C(=O)NC(CC(=O)O)C(=O)O. The summed E-state index contributed by atoms with van der Waals surface area (Å²) in [6.07, 6.45) is 1.17. The molecule has 0 aliphatic heterocycles. The monoisotopic (exact) mass is 531 g/mol. The number of nitrogens with one attached hydrogen (secondary N) is 4. The zero-order chi connectivity index (χ0) is 28.2. The second kappa shape index (κ2) is 14.1. The van der Waals surface area contributed by atoms with E-state index in [1.54, 1.807) is 30.3 Å². The number of carbonyl (C=O) groups is 6. The van der Waals surface area contributed by atoms with Crippen molar-refractivity contribution in [3.8, 4) is 0 Å². The minimum atomic E-state index is -1.83. The van der Waals surface area contributed by atoms with Gasteiger partial charge in [-0.1, -0.05) is 30.3 Å². The molecular weight excluding hydrogens is 502 g/mol. The van der Waals surface area contributed by atoms with Gasteiger partial charge in [-0.2, -0.15) is 0 Å². The van der Waals surface area contributed by atoms with Gasteiger partial charge in [-0.15, -0.1) is 0 Å². The van der Waals surface area contributed by atoms with Crippen LogP contribution in [0.4, 0.5) is 0 Å². The molecule has 10 N–H and O–H groups in total. The molecule has 0 saturated carbocycles. The van der Waals surface area contributed by atoms with Gasteiger partial charge in [0, 0.05) is 18.3 Å². The Balaban J connectivity index is 2.18. The molecule has 1 aromatic heterocycles. The van der Waals surface area contributed by atoms with Gasteiger partial charge >= 0.3 is 11.9 Å². The molecule has 0 aliphatic rings. The third kappa shape index (κ3) is 9.69. The fraction of sp³-hybridized carbons (Fsp3) is 0.348. The summed E-state index contributed by atoms with van der Waals surface area (Å²) < 4.78 is 0. The van der Waals surface area contributed by atoms with Crippen molar-refractivity contribution in [3.63, 3.8) is 0 Å². The second-order valence-electron chi connectivity index (χ2n) is 8.37. The molecule has 38 heavy (non-hydrogen) atoms. The fourth-order valence-corrected chi connectivity index (χ4v) is 3.39. The molecule has 0 aliphatic carbocycles. The van der Waals surface area contributed by atoms with Crippen LogP contribution in [0, 0.1) is 0 Å². The van der Waals surface area contributed by atoms with Crippen molar-refractivity contribution in [1.82, 2.24) is 25.9 Å². The molecule has 0 spiro atoms. The van der Waals surface area contributed by atoms with E-state index in [9.17, 15) is 33.9 Å². The number of hydrogen-bond donors (Lipinski definition) is 8. The smallest absolute Gasteiger partial charge is 0.326 e. The van der Waals surface area contributed by atoms with Crippen molar-refractivity contribution in [2.75, 3.05) is 0 Å². The summed E-state index contributed by atoms with van der Waals surface area (Å²) in [6.45, 7) is 0. The van der Waals surface area contributed by atoms with E-state index < -0.39 is 72.6 Å². The topological polar surface area (TPSA) is 260 Å². The molecule has 2 aromatic rings. The van der Waals surface area contributed by atoms with Crippen LogP contribution in [0.5, 0.6) is 0 Å². The van der Waals surface area contributed by atoms with E-state index in [1.165, 1.54) is 12.5 Å². The molecule has 0 radical (unpaired) electrons. The largest absolute Gasteiger partial charge is 0.481 e. The minimum absolute atomic E-state index is 0.0999. The third-order valence-corrected chi connectivity index (χ3v) is 5.28. The first kappa shape index (κ1) is 29.4. The van der Waals surface area contributed by atoms with E-state index in [0.29, 0.717) is 5.69 Å². The summed E-state index contributed by atoms with van der Waals surface area (Å²) in [7, 11) is 0. The van der Waals surface area contributed by atoms with Crippen LogP contribution in [0.2, 0.25) is 0 Å². The molecule has 4 atom stereocenters. The van der Waals surface area contributed by atoms with Gasteiger partial charge in [0.25, 0.3) is 0 Å². The quantitative estimate of drug-likeness (QED) is 0.119. The lowest BCUT2D eigenvalue weighted by molar-refractivity contribution is -0.147. The number of aromatic nitrogens is 2. The zero-order valence-corrected chi connectivity index (χ0v) is 20.1. The fourth-order valence-electron chi connectivity index (χ4n) is 3.39. The molecule has 1 heterocycles. The summed E-state index contributed by atoms with van der Waals surface area (Å²) in [5, 5.41) is 24.8. The highest BCUT2D eigenvalue weighted by Crippen LogP contribution is 2.05. The highest BCUT2D eigenvalue weighted by atomic mass is 16.4. The first-order valence-corrected chi connectivity index (χ1v) is 11.4. The van der Waals surface area contributed by atoms with Gasteiger partial charge in [-0.05, 0) is 12.0 Å². The van der Waals surface area contributed by atoms with Gasteiger partial charge in [0.2, 0.25) is 23.6 Å². The van der Waals surface area contributed by atoms with E-state index in [2.05, 4.69) is 20.6 Å². The van der Waals surface area contributed by atoms with E-state index in [0.717, 1.165) is 5.56 Å². The Bertz CT molecular complexity index is 1140. The number of nitrogens with two attached hydrogens (primary N) is 2. The van der Waals surface area contributed by atoms with Crippen LogP contribution in [0.15, 0.2) is 42.9 Å². The number of amides is 4. The maximum atomic E-state index is 13.1. The first-order valence-electron chi connectivity index (χ1n) is 11.4. The minimum Gasteiger partial charge on any atom is -0.481 e. The van der Waals surface area contributed by atoms with Crippen molar-refractivity contribution in [3.05, 3.63) is 54.1 Å². The summed E-state index contributed by atoms with van der Waals surface area (Å²) in [5.41, 5.74) is 12.4. The number of H-pyrrole nitrogens is 1. The van der Waals surface area contributed by atoms with Crippen molar-refractivity contribution >= 4 is 35.6 Å². The molecule has 15 nitrogen and oxygen atoms in total. The van der Waals surface area contributed by atoms with E-state index in [1.807, 2.05) is 5.32 Å². The number of imidazole rings is 1. The van der Waals surface area contributed by atoms with Gasteiger partial charge in [0.05, 0.1) is 25.2 Å². The number of benzene rings is 1. The number of rotatable bonds is 15. The average molecular weight is 532 g/mol. The van der Waals surface area contributed by atoms with Crippen LogP contribution < -0.4 is 27.4 Å². The molecule has 0 bridgehead atoms. The Hall–Kier alpha value is -4.79. The maximum Gasteiger partial charge on any atom is 0.326 e. The molecule has 0 saturated heterocycles. The van der Waals surface area contributed by atoms with Crippen LogP contribution in [0.3, 0.4) is 0 Å².